The standard InChI is InChI=1S/C19H16Cl3N3/c20-12-8-9-15(21)14(11-12)18-13-5-3-4-10-23-19(13)25(24-18)17-7-2-1-6-16(17)22/h1-2,6-9,11,23H,3-5,10H2. The average molecular weight is 393 g/mol. The maximum atomic E-state index is 6.45. The molecule has 3 nitrogen and oxygen atoms in total. The van der Waals surface area contributed by atoms with Crippen molar-refractivity contribution >= 4 is 40.6 Å². The lowest BCUT2D eigenvalue weighted by molar-refractivity contribution is 0.780. The predicted molar refractivity (Wildman–Crippen MR) is 105 cm³/mol. The van der Waals surface area contributed by atoms with Crippen molar-refractivity contribution in [2.24, 2.45) is 0 Å². The van der Waals surface area contributed by atoms with Crippen LogP contribution in [0.5, 0.6) is 0 Å². The molecule has 3 aromatic rings. The van der Waals surface area contributed by atoms with Crippen molar-refractivity contribution in [3.8, 4) is 16.9 Å². The Hall–Kier alpha value is -1.68. The van der Waals surface area contributed by atoms with Gasteiger partial charge in [0, 0.05) is 22.7 Å². The van der Waals surface area contributed by atoms with Gasteiger partial charge in [-0.15, -0.1) is 0 Å². The molecule has 0 spiro atoms. The van der Waals surface area contributed by atoms with E-state index in [1.807, 2.05) is 41.1 Å². The molecule has 0 saturated heterocycles. The fourth-order valence-corrected chi connectivity index (χ4v) is 3.79. The van der Waals surface area contributed by atoms with Crippen molar-refractivity contribution in [3.63, 3.8) is 0 Å². The smallest absolute Gasteiger partial charge is 0.133 e. The lowest BCUT2D eigenvalue weighted by Crippen LogP contribution is -2.07. The molecule has 128 valence electrons. The molecule has 25 heavy (non-hydrogen) atoms. The van der Waals surface area contributed by atoms with Crippen LogP contribution in [0.4, 0.5) is 5.82 Å². The van der Waals surface area contributed by atoms with Gasteiger partial charge >= 0.3 is 0 Å². The minimum atomic E-state index is 0.639. The van der Waals surface area contributed by atoms with Gasteiger partial charge in [-0.05, 0) is 49.6 Å². The molecule has 0 unspecified atom stereocenters. The van der Waals surface area contributed by atoms with Crippen LogP contribution in [0.1, 0.15) is 18.4 Å². The summed E-state index contributed by atoms with van der Waals surface area (Å²) in [7, 11) is 0. The molecule has 1 aliphatic rings. The molecule has 1 N–H and O–H groups in total. The number of aromatic nitrogens is 2. The summed E-state index contributed by atoms with van der Waals surface area (Å²) in [6, 6.07) is 13.2. The maximum Gasteiger partial charge on any atom is 0.133 e. The average Bonchev–Trinajstić information content (AvgIpc) is 2.79. The molecular weight excluding hydrogens is 377 g/mol. The zero-order valence-corrected chi connectivity index (χ0v) is 15.7. The molecule has 0 radical (unpaired) electrons. The molecule has 4 rings (SSSR count). The number of hydrogen-bond donors (Lipinski definition) is 1. The highest BCUT2D eigenvalue weighted by atomic mass is 35.5. The molecule has 0 bridgehead atoms. The number of benzene rings is 2. The summed E-state index contributed by atoms with van der Waals surface area (Å²) in [5.74, 6) is 0.983. The minimum Gasteiger partial charge on any atom is -0.370 e. The SMILES string of the molecule is Clc1ccc(Cl)c(-c2nn(-c3ccccc3Cl)c3c2CCCCN3)c1. The second-order valence-electron chi connectivity index (χ2n) is 6.05. The lowest BCUT2D eigenvalue weighted by Gasteiger charge is -2.10. The summed E-state index contributed by atoms with van der Waals surface area (Å²) in [4.78, 5) is 0. The van der Waals surface area contributed by atoms with Crippen LogP contribution >= 0.6 is 34.8 Å². The first kappa shape index (κ1) is 16.8. The van der Waals surface area contributed by atoms with E-state index >= 15 is 0 Å². The second-order valence-corrected chi connectivity index (χ2v) is 7.30. The minimum absolute atomic E-state index is 0.639. The topological polar surface area (TPSA) is 29.9 Å². The van der Waals surface area contributed by atoms with Crippen LogP contribution in [-0.2, 0) is 6.42 Å². The number of rotatable bonds is 2. The number of nitrogens with zero attached hydrogens (tertiary/aromatic N) is 2. The normalized spacial score (nSPS) is 13.9. The van der Waals surface area contributed by atoms with E-state index in [-0.39, 0.29) is 0 Å². The van der Waals surface area contributed by atoms with Crippen LogP contribution in [0.2, 0.25) is 15.1 Å². The fourth-order valence-electron chi connectivity index (χ4n) is 3.20. The first-order valence-electron chi connectivity index (χ1n) is 8.21. The molecule has 0 amide bonds. The number of anilines is 1. The van der Waals surface area contributed by atoms with Crippen LogP contribution in [-0.4, -0.2) is 16.3 Å². The third-order valence-electron chi connectivity index (χ3n) is 4.39. The third kappa shape index (κ3) is 3.12. The molecular formula is C19H16Cl3N3. The Kier molecular flexibility index (Phi) is 4.63. The Bertz CT molecular complexity index is 934. The van der Waals surface area contributed by atoms with E-state index in [1.54, 1.807) is 6.07 Å². The molecule has 0 fully saturated rings. The van der Waals surface area contributed by atoms with E-state index in [1.165, 1.54) is 0 Å². The fraction of sp³-hybridized carbons (Fsp3) is 0.211. The molecule has 0 saturated carbocycles. The van der Waals surface area contributed by atoms with Gasteiger partial charge in [0.25, 0.3) is 0 Å². The van der Waals surface area contributed by atoms with Gasteiger partial charge in [0.2, 0.25) is 0 Å². The summed E-state index contributed by atoms with van der Waals surface area (Å²) in [6.45, 7) is 0.909. The molecule has 1 aromatic heterocycles. The Balaban J connectivity index is 1.97. The number of fused-ring (bicyclic) bond motifs is 1. The van der Waals surface area contributed by atoms with Gasteiger partial charge in [0.15, 0.2) is 0 Å². The van der Waals surface area contributed by atoms with Gasteiger partial charge in [0.1, 0.15) is 5.82 Å². The molecule has 2 aromatic carbocycles. The summed E-state index contributed by atoms with van der Waals surface area (Å²) in [5.41, 5.74) is 3.71. The molecule has 0 aliphatic carbocycles. The van der Waals surface area contributed by atoms with Gasteiger partial charge in [-0.1, -0.05) is 46.9 Å². The molecule has 0 atom stereocenters. The number of hydrogen-bond acceptors (Lipinski definition) is 2. The monoisotopic (exact) mass is 391 g/mol. The van der Waals surface area contributed by atoms with E-state index in [0.717, 1.165) is 54.1 Å². The van der Waals surface area contributed by atoms with Gasteiger partial charge in [-0.2, -0.15) is 5.10 Å². The molecule has 6 heteroatoms. The van der Waals surface area contributed by atoms with E-state index in [0.29, 0.717) is 15.1 Å². The number of para-hydroxylation sites is 1. The Morgan fingerprint density at radius 3 is 2.64 bits per heavy atom. The summed E-state index contributed by atoms with van der Waals surface area (Å²) in [5, 5.41) is 10.3. The first-order chi connectivity index (χ1) is 12.1. The van der Waals surface area contributed by atoms with Gasteiger partial charge < -0.3 is 5.32 Å². The Labute approximate surface area is 161 Å². The van der Waals surface area contributed by atoms with Crippen LogP contribution in [0, 0.1) is 0 Å². The zero-order chi connectivity index (χ0) is 17.4. The lowest BCUT2D eigenvalue weighted by atomic mass is 10.0. The maximum absolute atomic E-state index is 6.45. The highest BCUT2D eigenvalue weighted by Crippen LogP contribution is 2.38. The van der Waals surface area contributed by atoms with Crippen molar-refractivity contribution in [1.29, 1.82) is 0 Å². The largest absolute Gasteiger partial charge is 0.370 e. The highest BCUT2D eigenvalue weighted by Gasteiger charge is 2.23. The number of nitrogens with one attached hydrogen (secondary N) is 1. The van der Waals surface area contributed by atoms with Crippen molar-refractivity contribution in [1.82, 2.24) is 9.78 Å². The summed E-state index contributed by atoms with van der Waals surface area (Å²) in [6.07, 6.45) is 3.14. The third-order valence-corrected chi connectivity index (χ3v) is 5.28. The predicted octanol–water partition coefficient (Wildman–Crippen LogP) is 6.25. The van der Waals surface area contributed by atoms with E-state index in [9.17, 15) is 0 Å². The van der Waals surface area contributed by atoms with Crippen molar-refractivity contribution in [2.45, 2.75) is 19.3 Å². The van der Waals surface area contributed by atoms with Crippen molar-refractivity contribution < 1.29 is 0 Å². The van der Waals surface area contributed by atoms with Crippen LogP contribution < -0.4 is 5.32 Å². The van der Waals surface area contributed by atoms with Crippen molar-refractivity contribution in [2.75, 3.05) is 11.9 Å². The molecule has 1 aliphatic heterocycles. The number of halogens is 3. The molecule has 2 heterocycles. The highest BCUT2D eigenvalue weighted by molar-refractivity contribution is 6.35. The van der Waals surface area contributed by atoms with Crippen molar-refractivity contribution in [3.05, 3.63) is 63.1 Å². The van der Waals surface area contributed by atoms with Crippen LogP contribution in [0.3, 0.4) is 0 Å². The van der Waals surface area contributed by atoms with Crippen LogP contribution in [0.25, 0.3) is 16.9 Å². The Morgan fingerprint density at radius 2 is 1.80 bits per heavy atom. The van der Waals surface area contributed by atoms with Gasteiger partial charge in [-0.3, -0.25) is 0 Å². The summed E-state index contributed by atoms with van der Waals surface area (Å²) >= 11 is 19.1. The van der Waals surface area contributed by atoms with E-state index in [2.05, 4.69) is 5.32 Å². The van der Waals surface area contributed by atoms with E-state index < -0.39 is 0 Å². The van der Waals surface area contributed by atoms with E-state index in [4.69, 9.17) is 39.9 Å². The Morgan fingerprint density at radius 1 is 0.960 bits per heavy atom. The van der Waals surface area contributed by atoms with Gasteiger partial charge in [0.05, 0.1) is 21.4 Å². The quantitative estimate of drug-likeness (QED) is 0.559. The van der Waals surface area contributed by atoms with Gasteiger partial charge in [-0.25, -0.2) is 4.68 Å². The summed E-state index contributed by atoms with van der Waals surface area (Å²) < 4.78 is 1.88. The first-order valence-corrected chi connectivity index (χ1v) is 9.34. The van der Waals surface area contributed by atoms with Crippen LogP contribution in [0.15, 0.2) is 42.5 Å². The second kappa shape index (κ2) is 6.91. The zero-order valence-electron chi connectivity index (χ0n) is 13.4.